The highest BCUT2D eigenvalue weighted by atomic mass is 16.5. The first kappa shape index (κ1) is 21.3. The van der Waals surface area contributed by atoms with Crippen molar-refractivity contribution in [1.29, 1.82) is 0 Å². The molecule has 1 spiro atoms. The smallest absolute Gasteiger partial charge is 0.325 e. The minimum atomic E-state index is -1.09. The molecule has 2 aliphatic rings. The fourth-order valence-corrected chi connectivity index (χ4v) is 4.91. The van der Waals surface area contributed by atoms with Crippen LogP contribution in [-0.4, -0.2) is 48.3 Å². The SMILES string of the molecule is COc1ccc2c(c1)CCC[C@@]21NC(=O)N(C[C@@H](O)COc2cccc3ccccc23)C1=O. The number of β-amino-alcohol motifs (C(OH)–C–C–N with tert-alkyl or cyclic N) is 1. The monoisotopic (exact) mass is 446 g/mol. The summed E-state index contributed by atoms with van der Waals surface area (Å²) in [6.45, 7) is -0.172. The molecule has 0 bridgehead atoms. The first-order chi connectivity index (χ1) is 16.0. The van der Waals surface area contributed by atoms with Crippen molar-refractivity contribution in [3.63, 3.8) is 0 Å². The summed E-state index contributed by atoms with van der Waals surface area (Å²) in [7, 11) is 1.60. The van der Waals surface area contributed by atoms with Gasteiger partial charge in [-0.15, -0.1) is 0 Å². The Hall–Kier alpha value is -3.58. The van der Waals surface area contributed by atoms with Crippen molar-refractivity contribution in [3.05, 3.63) is 71.8 Å². The van der Waals surface area contributed by atoms with Crippen LogP contribution in [0.15, 0.2) is 60.7 Å². The van der Waals surface area contributed by atoms with E-state index in [0.717, 1.165) is 45.4 Å². The number of aliphatic hydroxyl groups excluding tert-OH is 1. The fourth-order valence-electron chi connectivity index (χ4n) is 4.91. The number of rotatable bonds is 6. The maximum atomic E-state index is 13.5. The van der Waals surface area contributed by atoms with E-state index in [-0.39, 0.29) is 19.1 Å². The summed E-state index contributed by atoms with van der Waals surface area (Å²) in [5, 5.41) is 15.5. The van der Waals surface area contributed by atoms with Crippen molar-refractivity contribution < 1.29 is 24.2 Å². The Morgan fingerprint density at radius 1 is 1.12 bits per heavy atom. The number of carbonyl (C=O) groups excluding carboxylic acids is 2. The van der Waals surface area contributed by atoms with E-state index in [1.165, 1.54) is 0 Å². The first-order valence-electron chi connectivity index (χ1n) is 11.1. The van der Waals surface area contributed by atoms with Crippen molar-refractivity contribution in [3.8, 4) is 11.5 Å². The van der Waals surface area contributed by atoms with Crippen LogP contribution in [0.4, 0.5) is 4.79 Å². The highest BCUT2D eigenvalue weighted by Crippen LogP contribution is 2.41. The molecule has 0 aromatic heterocycles. The molecule has 0 saturated carbocycles. The minimum absolute atomic E-state index is 0.0359. The van der Waals surface area contributed by atoms with E-state index in [1.54, 1.807) is 13.2 Å². The van der Waals surface area contributed by atoms with Gasteiger partial charge in [0.2, 0.25) is 0 Å². The second-order valence-corrected chi connectivity index (χ2v) is 8.57. The van der Waals surface area contributed by atoms with Crippen LogP contribution in [0.3, 0.4) is 0 Å². The van der Waals surface area contributed by atoms with Gasteiger partial charge in [0, 0.05) is 5.39 Å². The molecule has 5 rings (SSSR count). The zero-order valence-corrected chi connectivity index (χ0v) is 18.4. The fraction of sp³-hybridized carbons (Fsp3) is 0.308. The number of fused-ring (bicyclic) bond motifs is 3. The Balaban J connectivity index is 1.31. The topological polar surface area (TPSA) is 88.1 Å². The summed E-state index contributed by atoms with van der Waals surface area (Å²) in [5.74, 6) is 1.04. The summed E-state index contributed by atoms with van der Waals surface area (Å²) < 4.78 is 11.2. The number of urea groups is 1. The molecule has 3 amide bonds. The van der Waals surface area contributed by atoms with Gasteiger partial charge in [0.15, 0.2) is 0 Å². The Bertz CT molecular complexity index is 1220. The standard InChI is InChI=1S/C26H26N2O5/c1-32-20-11-12-22-18(14-20)8-5-13-26(22)24(30)28(25(31)27-26)15-19(29)16-33-23-10-4-7-17-6-2-3-9-21(17)23/h2-4,6-7,9-12,14,19,29H,5,8,13,15-16H2,1H3,(H,27,31)/t19-,26-/m1/s1. The molecule has 7 heteroatoms. The number of ether oxygens (including phenoxy) is 2. The van der Waals surface area contributed by atoms with Gasteiger partial charge in [0.25, 0.3) is 5.91 Å². The Morgan fingerprint density at radius 3 is 2.79 bits per heavy atom. The molecule has 1 aliphatic carbocycles. The second kappa shape index (κ2) is 8.41. The summed E-state index contributed by atoms with van der Waals surface area (Å²) in [6.07, 6.45) is 1.09. The maximum absolute atomic E-state index is 13.5. The number of aryl methyl sites for hydroxylation is 1. The van der Waals surface area contributed by atoms with Crippen LogP contribution in [0.1, 0.15) is 24.0 Å². The van der Waals surface area contributed by atoms with E-state index in [2.05, 4.69) is 5.32 Å². The Kier molecular flexibility index (Phi) is 5.42. The second-order valence-electron chi connectivity index (χ2n) is 8.57. The number of nitrogens with zero attached hydrogens (tertiary/aromatic N) is 1. The molecule has 3 aromatic rings. The molecule has 7 nitrogen and oxygen atoms in total. The summed E-state index contributed by atoms with van der Waals surface area (Å²) in [5.41, 5.74) is 0.709. The molecule has 1 fully saturated rings. The maximum Gasteiger partial charge on any atom is 0.325 e. The van der Waals surface area contributed by atoms with Gasteiger partial charge in [-0.25, -0.2) is 4.79 Å². The lowest BCUT2D eigenvalue weighted by atomic mass is 9.76. The average Bonchev–Trinajstić information content (AvgIpc) is 3.07. The van der Waals surface area contributed by atoms with Crippen LogP contribution in [-0.2, 0) is 16.8 Å². The molecule has 1 heterocycles. The minimum Gasteiger partial charge on any atom is -0.497 e. The molecule has 3 aromatic carbocycles. The highest BCUT2D eigenvalue weighted by Gasteiger charge is 2.54. The van der Waals surface area contributed by atoms with Crippen LogP contribution in [0.25, 0.3) is 10.8 Å². The summed E-state index contributed by atoms with van der Waals surface area (Å²) in [4.78, 5) is 27.4. The van der Waals surface area contributed by atoms with Crippen LogP contribution >= 0.6 is 0 Å². The Morgan fingerprint density at radius 2 is 1.94 bits per heavy atom. The van der Waals surface area contributed by atoms with Gasteiger partial charge in [-0.1, -0.05) is 42.5 Å². The van der Waals surface area contributed by atoms with E-state index in [9.17, 15) is 14.7 Å². The quantitative estimate of drug-likeness (QED) is 0.567. The number of hydrogen-bond acceptors (Lipinski definition) is 5. The van der Waals surface area contributed by atoms with Crippen molar-refractivity contribution in [1.82, 2.24) is 10.2 Å². The van der Waals surface area contributed by atoms with Gasteiger partial charge >= 0.3 is 6.03 Å². The molecular formula is C26H26N2O5. The highest BCUT2D eigenvalue weighted by molar-refractivity contribution is 6.07. The predicted molar refractivity (Wildman–Crippen MR) is 123 cm³/mol. The van der Waals surface area contributed by atoms with Crippen molar-refractivity contribution in [2.75, 3.05) is 20.3 Å². The number of nitrogens with one attached hydrogen (secondary N) is 1. The van der Waals surface area contributed by atoms with Crippen molar-refractivity contribution in [2.45, 2.75) is 30.9 Å². The molecule has 33 heavy (non-hydrogen) atoms. The normalized spacial score (nSPS) is 20.6. The molecule has 2 N–H and O–H groups in total. The molecule has 0 radical (unpaired) electrons. The third kappa shape index (κ3) is 3.68. The summed E-state index contributed by atoms with van der Waals surface area (Å²) in [6, 6.07) is 18.6. The van der Waals surface area contributed by atoms with Crippen LogP contribution < -0.4 is 14.8 Å². The lowest BCUT2D eigenvalue weighted by Gasteiger charge is -2.33. The van der Waals surface area contributed by atoms with E-state index < -0.39 is 17.7 Å². The van der Waals surface area contributed by atoms with Gasteiger partial charge in [-0.3, -0.25) is 9.69 Å². The Labute approximate surface area is 191 Å². The average molecular weight is 447 g/mol. The molecule has 1 aliphatic heterocycles. The number of aliphatic hydroxyl groups is 1. The lowest BCUT2D eigenvalue weighted by Crippen LogP contribution is -2.47. The largest absolute Gasteiger partial charge is 0.497 e. The van der Waals surface area contributed by atoms with E-state index in [4.69, 9.17) is 9.47 Å². The van der Waals surface area contributed by atoms with E-state index >= 15 is 0 Å². The number of carbonyl (C=O) groups is 2. The zero-order valence-electron chi connectivity index (χ0n) is 18.4. The number of methoxy groups -OCH3 is 1. The lowest BCUT2D eigenvalue weighted by molar-refractivity contribution is -0.133. The van der Waals surface area contributed by atoms with Gasteiger partial charge in [0.05, 0.1) is 13.7 Å². The van der Waals surface area contributed by atoms with Gasteiger partial charge < -0.3 is 19.9 Å². The molecule has 1 saturated heterocycles. The number of benzene rings is 3. The molecule has 2 atom stereocenters. The number of imide groups is 1. The zero-order chi connectivity index (χ0) is 23.0. The van der Waals surface area contributed by atoms with Crippen LogP contribution in [0, 0.1) is 0 Å². The van der Waals surface area contributed by atoms with Gasteiger partial charge in [0.1, 0.15) is 29.7 Å². The third-order valence-corrected chi connectivity index (χ3v) is 6.52. The molecule has 0 unspecified atom stereocenters. The predicted octanol–water partition coefficient (Wildman–Crippen LogP) is 3.37. The van der Waals surface area contributed by atoms with Crippen LogP contribution in [0.2, 0.25) is 0 Å². The first-order valence-corrected chi connectivity index (χ1v) is 11.1. The third-order valence-electron chi connectivity index (χ3n) is 6.52. The van der Waals surface area contributed by atoms with Crippen LogP contribution in [0.5, 0.6) is 11.5 Å². The molecular weight excluding hydrogens is 420 g/mol. The van der Waals surface area contributed by atoms with Crippen molar-refractivity contribution >= 4 is 22.7 Å². The van der Waals surface area contributed by atoms with Crippen molar-refractivity contribution in [2.24, 2.45) is 0 Å². The molecule has 170 valence electrons. The van der Waals surface area contributed by atoms with Gasteiger partial charge in [-0.05, 0) is 54.0 Å². The van der Waals surface area contributed by atoms with E-state index in [1.807, 2.05) is 54.6 Å². The number of amides is 3. The van der Waals surface area contributed by atoms with Gasteiger partial charge in [-0.2, -0.15) is 0 Å². The number of hydrogen-bond donors (Lipinski definition) is 2. The van der Waals surface area contributed by atoms with E-state index in [0.29, 0.717) is 12.2 Å². The summed E-state index contributed by atoms with van der Waals surface area (Å²) >= 11 is 0.